The highest BCUT2D eigenvalue weighted by atomic mass is 19.4. The molecule has 0 amide bonds. The lowest BCUT2D eigenvalue weighted by molar-refractivity contribution is -0.142. The van der Waals surface area contributed by atoms with Gasteiger partial charge in [-0.2, -0.15) is 18.3 Å². The van der Waals surface area contributed by atoms with Gasteiger partial charge in [-0.3, -0.25) is 4.68 Å². The van der Waals surface area contributed by atoms with Gasteiger partial charge in [0.2, 0.25) is 0 Å². The Morgan fingerprint density at radius 3 is 2.50 bits per heavy atom. The van der Waals surface area contributed by atoms with Crippen LogP contribution in [0.3, 0.4) is 0 Å². The Hall–Kier alpha value is -1.04. The van der Waals surface area contributed by atoms with E-state index in [-0.39, 0.29) is 11.6 Å². The van der Waals surface area contributed by atoms with Crippen molar-refractivity contribution in [1.82, 2.24) is 14.7 Å². The van der Waals surface area contributed by atoms with Gasteiger partial charge in [0, 0.05) is 17.8 Å². The van der Waals surface area contributed by atoms with E-state index >= 15 is 0 Å². The molecule has 1 atom stereocenters. The van der Waals surface area contributed by atoms with Crippen molar-refractivity contribution in [2.45, 2.75) is 38.9 Å². The van der Waals surface area contributed by atoms with Crippen molar-refractivity contribution in [3.05, 3.63) is 17.0 Å². The monoisotopic (exact) mass is 261 g/mol. The van der Waals surface area contributed by atoms with Crippen LogP contribution in [0.25, 0.3) is 0 Å². The summed E-state index contributed by atoms with van der Waals surface area (Å²) in [7, 11) is 1.98. The van der Waals surface area contributed by atoms with E-state index in [1.807, 2.05) is 14.0 Å². The van der Waals surface area contributed by atoms with E-state index in [2.05, 4.69) is 10.00 Å². The average molecular weight is 261 g/mol. The smallest absolute Gasteiger partial charge is 0.304 e. The molecule has 1 saturated heterocycles. The Labute approximate surface area is 105 Å². The number of rotatable bonds is 2. The fourth-order valence-electron chi connectivity index (χ4n) is 2.66. The minimum atomic E-state index is -4.36. The maximum atomic E-state index is 12.9. The second-order valence-corrected chi connectivity index (χ2v) is 4.92. The van der Waals surface area contributed by atoms with E-state index in [0.29, 0.717) is 12.1 Å². The van der Waals surface area contributed by atoms with Crippen LogP contribution in [-0.2, 0) is 12.6 Å². The lowest BCUT2D eigenvalue weighted by Gasteiger charge is -2.14. The number of nitrogens with zero attached hydrogens (tertiary/aromatic N) is 3. The molecule has 1 aliphatic rings. The zero-order valence-corrected chi connectivity index (χ0v) is 10.9. The summed E-state index contributed by atoms with van der Waals surface area (Å²) < 4.78 is 40.2. The van der Waals surface area contributed by atoms with Crippen molar-refractivity contribution in [1.29, 1.82) is 0 Å². The molecule has 18 heavy (non-hydrogen) atoms. The summed E-state index contributed by atoms with van der Waals surface area (Å²) in [6.07, 6.45) is -2.92. The van der Waals surface area contributed by atoms with Gasteiger partial charge in [-0.05, 0) is 33.4 Å². The van der Waals surface area contributed by atoms with Gasteiger partial charge >= 0.3 is 6.18 Å². The SMILES string of the molecule is CCc1c(C)c(C(F)(F)F)nn1C1CCN(C)C1. The molecule has 0 spiro atoms. The highest BCUT2D eigenvalue weighted by Gasteiger charge is 2.38. The second-order valence-electron chi connectivity index (χ2n) is 4.92. The summed E-state index contributed by atoms with van der Waals surface area (Å²) in [4.78, 5) is 2.12. The number of likely N-dealkylation sites (N-methyl/N-ethyl adjacent to an activating group) is 1. The molecule has 0 aliphatic carbocycles. The van der Waals surface area contributed by atoms with E-state index in [1.54, 1.807) is 4.68 Å². The third kappa shape index (κ3) is 2.25. The third-order valence-corrected chi connectivity index (χ3v) is 3.59. The lowest BCUT2D eigenvalue weighted by atomic mass is 10.1. The first-order valence-electron chi connectivity index (χ1n) is 6.18. The van der Waals surface area contributed by atoms with Gasteiger partial charge in [-0.15, -0.1) is 0 Å². The highest BCUT2D eigenvalue weighted by molar-refractivity contribution is 5.27. The van der Waals surface area contributed by atoms with Crippen molar-refractivity contribution in [2.75, 3.05) is 20.1 Å². The Morgan fingerprint density at radius 2 is 2.06 bits per heavy atom. The molecule has 1 aromatic heterocycles. The molecule has 2 heterocycles. The molecule has 1 fully saturated rings. The van der Waals surface area contributed by atoms with Crippen LogP contribution in [0.5, 0.6) is 0 Å². The largest absolute Gasteiger partial charge is 0.435 e. The number of hydrogen-bond acceptors (Lipinski definition) is 2. The lowest BCUT2D eigenvalue weighted by Crippen LogP contribution is -2.19. The second kappa shape index (κ2) is 4.57. The standard InChI is InChI=1S/C12H18F3N3/c1-4-10-8(2)11(12(13,14)15)16-18(10)9-5-6-17(3)7-9/h9H,4-7H2,1-3H3. The summed E-state index contributed by atoms with van der Waals surface area (Å²) in [6.45, 7) is 5.07. The molecule has 1 aromatic rings. The molecule has 2 rings (SSSR count). The Kier molecular flexibility index (Phi) is 3.40. The predicted molar refractivity (Wildman–Crippen MR) is 62.5 cm³/mol. The van der Waals surface area contributed by atoms with Crippen LogP contribution in [0, 0.1) is 6.92 Å². The number of hydrogen-bond donors (Lipinski definition) is 0. The van der Waals surface area contributed by atoms with Crippen LogP contribution in [0.15, 0.2) is 0 Å². The molecule has 0 N–H and O–H groups in total. The van der Waals surface area contributed by atoms with E-state index in [0.717, 1.165) is 19.5 Å². The zero-order valence-electron chi connectivity index (χ0n) is 10.9. The van der Waals surface area contributed by atoms with E-state index in [4.69, 9.17) is 0 Å². The Bertz CT molecular complexity index is 437. The first-order chi connectivity index (χ1) is 8.34. The number of likely N-dealkylation sites (tertiary alicyclic amines) is 1. The average Bonchev–Trinajstić information content (AvgIpc) is 2.81. The first kappa shape index (κ1) is 13.4. The summed E-state index contributed by atoms with van der Waals surface area (Å²) in [5.41, 5.74) is 0.260. The summed E-state index contributed by atoms with van der Waals surface area (Å²) in [5, 5.41) is 3.83. The molecule has 0 radical (unpaired) electrons. The Balaban J connectivity index is 2.41. The number of alkyl halides is 3. The van der Waals surface area contributed by atoms with Crippen molar-refractivity contribution in [3.8, 4) is 0 Å². The molecular formula is C12H18F3N3. The minimum absolute atomic E-state index is 0.0692. The van der Waals surface area contributed by atoms with Gasteiger partial charge in [-0.1, -0.05) is 6.92 Å². The van der Waals surface area contributed by atoms with Gasteiger partial charge < -0.3 is 4.90 Å². The third-order valence-electron chi connectivity index (χ3n) is 3.59. The van der Waals surface area contributed by atoms with Gasteiger partial charge in [0.05, 0.1) is 6.04 Å². The van der Waals surface area contributed by atoms with Crippen molar-refractivity contribution >= 4 is 0 Å². The van der Waals surface area contributed by atoms with Crippen LogP contribution < -0.4 is 0 Å². The van der Waals surface area contributed by atoms with E-state index < -0.39 is 11.9 Å². The van der Waals surface area contributed by atoms with E-state index in [9.17, 15) is 13.2 Å². The van der Waals surface area contributed by atoms with Crippen molar-refractivity contribution in [2.24, 2.45) is 0 Å². The normalized spacial score (nSPS) is 21.8. The van der Waals surface area contributed by atoms with Crippen molar-refractivity contribution < 1.29 is 13.2 Å². The van der Waals surface area contributed by atoms with E-state index in [1.165, 1.54) is 6.92 Å². The van der Waals surface area contributed by atoms with Crippen LogP contribution >= 0.6 is 0 Å². The fourth-order valence-corrected chi connectivity index (χ4v) is 2.66. The minimum Gasteiger partial charge on any atom is -0.304 e. The molecule has 0 aromatic carbocycles. The van der Waals surface area contributed by atoms with Crippen LogP contribution in [0.1, 0.15) is 36.3 Å². The van der Waals surface area contributed by atoms with Crippen molar-refractivity contribution in [3.63, 3.8) is 0 Å². The maximum Gasteiger partial charge on any atom is 0.435 e. The Morgan fingerprint density at radius 1 is 1.39 bits per heavy atom. The fraction of sp³-hybridized carbons (Fsp3) is 0.750. The molecule has 0 bridgehead atoms. The van der Waals surface area contributed by atoms with Crippen LogP contribution in [-0.4, -0.2) is 34.8 Å². The highest BCUT2D eigenvalue weighted by Crippen LogP contribution is 2.34. The van der Waals surface area contributed by atoms with Gasteiger partial charge in [-0.25, -0.2) is 0 Å². The molecule has 3 nitrogen and oxygen atoms in total. The number of aromatic nitrogens is 2. The molecule has 102 valence electrons. The van der Waals surface area contributed by atoms with Crippen LogP contribution in [0.4, 0.5) is 13.2 Å². The quantitative estimate of drug-likeness (QED) is 0.816. The van der Waals surface area contributed by atoms with Crippen LogP contribution in [0.2, 0.25) is 0 Å². The molecule has 0 saturated carbocycles. The van der Waals surface area contributed by atoms with Gasteiger partial charge in [0.1, 0.15) is 0 Å². The molecule has 6 heteroatoms. The summed E-state index contributed by atoms with van der Waals surface area (Å²) in [5.74, 6) is 0. The number of halogens is 3. The summed E-state index contributed by atoms with van der Waals surface area (Å²) >= 11 is 0. The molecule has 1 unspecified atom stereocenters. The maximum absolute atomic E-state index is 12.9. The topological polar surface area (TPSA) is 21.1 Å². The van der Waals surface area contributed by atoms with Gasteiger partial charge in [0.25, 0.3) is 0 Å². The predicted octanol–water partition coefficient (Wildman–Crippen LogP) is 2.65. The molecular weight excluding hydrogens is 243 g/mol. The molecule has 1 aliphatic heterocycles. The summed E-state index contributed by atoms with van der Waals surface area (Å²) in [6, 6.07) is 0.0692. The van der Waals surface area contributed by atoms with Gasteiger partial charge in [0.15, 0.2) is 5.69 Å². The zero-order chi connectivity index (χ0) is 13.5. The first-order valence-corrected chi connectivity index (χ1v) is 6.18.